The highest BCUT2D eigenvalue weighted by atomic mass is 16.6. The van der Waals surface area contributed by atoms with Gasteiger partial charge in [0.25, 0.3) is 5.91 Å². The molecule has 296 valence electrons. The number of carbonyl (C=O) groups is 5. The standard InChI is InChI=1S/C40H59NO12/c1-22-12-13-27-36(2,3)14-9-16-38(27,6)25(22)21-52-30(23(33(47)48)19-29(44)45)34(49)53-26-20-24-32(46)41(18-8-11-28(42)43)35(50)40(24,51)39(7)17-10-15-37(4,5)31(26)39/h20,23,25-27,30-31,35,50-51H,1,8-19,21H2,2-7H3,(H,42,43)(H,44,45)(H,47,48)/t23-,25-,26-,27-,30+,31-,35-,38+,39-,40-/m0/s1. The van der Waals surface area contributed by atoms with Crippen LogP contribution in [0.3, 0.4) is 0 Å². The first-order valence-corrected chi connectivity index (χ1v) is 19.1. The molecule has 1 saturated heterocycles. The molecule has 0 bridgehead atoms. The van der Waals surface area contributed by atoms with E-state index >= 15 is 0 Å². The summed E-state index contributed by atoms with van der Waals surface area (Å²) in [5.41, 5.74) is -3.32. The van der Waals surface area contributed by atoms with Gasteiger partial charge in [-0.3, -0.25) is 19.2 Å². The number of aliphatic hydroxyl groups excluding tert-OH is 1. The van der Waals surface area contributed by atoms with E-state index in [4.69, 9.17) is 14.6 Å². The van der Waals surface area contributed by atoms with Crippen LogP contribution < -0.4 is 0 Å². The molecule has 1 amide bonds. The van der Waals surface area contributed by atoms with E-state index in [1.54, 1.807) is 6.92 Å². The smallest absolute Gasteiger partial charge is 0.336 e. The minimum Gasteiger partial charge on any atom is -0.481 e. The molecule has 0 aromatic carbocycles. The average molecular weight is 746 g/mol. The number of carbonyl (C=O) groups excluding carboxylic acids is 2. The van der Waals surface area contributed by atoms with Crippen LogP contribution in [0, 0.1) is 45.3 Å². The summed E-state index contributed by atoms with van der Waals surface area (Å²) in [6, 6.07) is 0. The van der Waals surface area contributed by atoms with Gasteiger partial charge in [0.1, 0.15) is 17.6 Å². The quantitative estimate of drug-likeness (QED) is 0.127. The van der Waals surface area contributed by atoms with Gasteiger partial charge in [0, 0.05) is 30.2 Å². The number of aliphatic hydroxyl groups is 2. The van der Waals surface area contributed by atoms with Crippen LogP contribution in [0.5, 0.6) is 0 Å². The molecule has 4 fully saturated rings. The molecule has 1 heterocycles. The molecule has 0 radical (unpaired) electrons. The monoisotopic (exact) mass is 745 g/mol. The molecule has 5 aliphatic rings. The fourth-order valence-corrected chi connectivity index (χ4v) is 11.7. The number of esters is 1. The number of fused-ring (bicyclic) bond motifs is 4. The molecule has 13 heteroatoms. The van der Waals surface area contributed by atoms with Gasteiger partial charge < -0.3 is 39.9 Å². The predicted molar refractivity (Wildman–Crippen MR) is 191 cm³/mol. The number of likely N-dealkylation sites (tertiary alicyclic amines) is 1. The van der Waals surface area contributed by atoms with E-state index in [0.717, 1.165) is 42.6 Å². The number of carboxylic acid groups (broad SMARTS) is 3. The van der Waals surface area contributed by atoms with Crippen molar-refractivity contribution in [1.29, 1.82) is 0 Å². The number of hydrogen-bond donors (Lipinski definition) is 5. The van der Waals surface area contributed by atoms with Crippen molar-refractivity contribution in [2.75, 3.05) is 13.2 Å². The summed E-state index contributed by atoms with van der Waals surface area (Å²) in [5.74, 6) is -8.19. The second-order valence-electron chi connectivity index (χ2n) is 18.3. The molecule has 0 unspecified atom stereocenters. The van der Waals surface area contributed by atoms with Crippen molar-refractivity contribution in [2.45, 2.75) is 136 Å². The predicted octanol–water partition coefficient (Wildman–Crippen LogP) is 4.79. The van der Waals surface area contributed by atoms with Crippen LogP contribution in [0.25, 0.3) is 0 Å². The lowest BCUT2D eigenvalue weighted by Crippen LogP contribution is -2.67. The van der Waals surface area contributed by atoms with Gasteiger partial charge in [0.15, 0.2) is 12.3 Å². The Morgan fingerprint density at radius 2 is 1.60 bits per heavy atom. The Kier molecular flexibility index (Phi) is 11.1. The Morgan fingerprint density at radius 1 is 0.962 bits per heavy atom. The third-order valence-electron chi connectivity index (χ3n) is 14.3. The zero-order valence-electron chi connectivity index (χ0n) is 32.1. The molecule has 0 aromatic rings. The number of rotatable bonds is 13. The maximum absolute atomic E-state index is 14.4. The first-order valence-electron chi connectivity index (χ1n) is 19.1. The first kappa shape index (κ1) is 40.9. The minimum atomic E-state index is -2.08. The van der Waals surface area contributed by atoms with Crippen LogP contribution in [-0.4, -0.2) is 97.4 Å². The van der Waals surface area contributed by atoms with Gasteiger partial charge in [0.05, 0.1) is 18.6 Å². The van der Waals surface area contributed by atoms with Gasteiger partial charge in [-0.25, -0.2) is 4.79 Å². The summed E-state index contributed by atoms with van der Waals surface area (Å²) < 4.78 is 12.5. The third-order valence-corrected chi connectivity index (χ3v) is 14.3. The number of amides is 1. The van der Waals surface area contributed by atoms with Crippen molar-refractivity contribution in [2.24, 2.45) is 45.3 Å². The molecule has 53 heavy (non-hydrogen) atoms. The van der Waals surface area contributed by atoms with E-state index in [1.807, 2.05) is 13.8 Å². The van der Waals surface area contributed by atoms with Crippen LogP contribution in [0.4, 0.5) is 0 Å². The van der Waals surface area contributed by atoms with Crippen molar-refractivity contribution < 1.29 is 59.0 Å². The van der Waals surface area contributed by atoms with Gasteiger partial charge in [-0.2, -0.15) is 0 Å². The SMILES string of the molecule is C=C1CC[C@H]2C(C)(C)CCC[C@]2(C)[C@H]1CO[C@@H](C(=O)O[C@H]1C=C2C(=O)N(CCCC(=O)O)[C@@H](O)[C@]2(O)[C@@]2(C)CCCC(C)(C)[C@H]12)[C@H](CC(=O)O)C(=O)O. The lowest BCUT2D eigenvalue weighted by atomic mass is 9.46. The highest BCUT2D eigenvalue weighted by Gasteiger charge is 2.71. The molecular formula is C40H59NO12. The molecular weight excluding hydrogens is 686 g/mol. The van der Waals surface area contributed by atoms with E-state index in [0.29, 0.717) is 25.2 Å². The summed E-state index contributed by atoms with van der Waals surface area (Å²) in [5, 5.41) is 53.2. The number of ether oxygens (including phenoxy) is 2. The molecule has 0 spiro atoms. The maximum atomic E-state index is 14.4. The first-order chi connectivity index (χ1) is 24.5. The Balaban J connectivity index is 1.51. The second-order valence-corrected chi connectivity index (χ2v) is 18.3. The van der Waals surface area contributed by atoms with E-state index in [1.165, 1.54) is 6.08 Å². The van der Waals surface area contributed by atoms with Crippen molar-refractivity contribution in [3.05, 3.63) is 23.8 Å². The van der Waals surface area contributed by atoms with Crippen molar-refractivity contribution >= 4 is 29.8 Å². The number of aliphatic carboxylic acids is 3. The molecule has 3 saturated carbocycles. The molecule has 1 aliphatic heterocycles. The fraction of sp³-hybridized carbons (Fsp3) is 0.775. The highest BCUT2D eigenvalue weighted by Crippen LogP contribution is 2.65. The van der Waals surface area contributed by atoms with Crippen LogP contribution in [0.1, 0.15) is 112 Å². The second kappa shape index (κ2) is 14.4. The molecule has 4 aliphatic carbocycles. The summed E-state index contributed by atoms with van der Waals surface area (Å²) in [7, 11) is 0. The zero-order valence-corrected chi connectivity index (χ0v) is 32.1. The van der Waals surface area contributed by atoms with E-state index in [9.17, 15) is 44.4 Å². The minimum absolute atomic E-state index is 0.0371. The van der Waals surface area contributed by atoms with E-state index in [-0.39, 0.29) is 48.3 Å². The lowest BCUT2D eigenvalue weighted by Gasteiger charge is -2.60. The summed E-state index contributed by atoms with van der Waals surface area (Å²) >= 11 is 0. The molecule has 10 atom stereocenters. The highest BCUT2D eigenvalue weighted by molar-refractivity contribution is 5.99. The van der Waals surface area contributed by atoms with E-state index < -0.39 is 82.9 Å². The topological polar surface area (TPSA) is 208 Å². The normalized spacial score (nSPS) is 37.0. The van der Waals surface area contributed by atoms with E-state index in [2.05, 4.69) is 27.4 Å². The van der Waals surface area contributed by atoms with Gasteiger partial charge in [-0.1, -0.05) is 66.5 Å². The summed E-state index contributed by atoms with van der Waals surface area (Å²) in [4.78, 5) is 65.2. The summed E-state index contributed by atoms with van der Waals surface area (Å²) in [6.45, 7) is 16.5. The molecule has 5 N–H and O–H groups in total. The number of carboxylic acids is 3. The Labute approximate surface area is 311 Å². The lowest BCUT2D eigenvalue weighted by molar-refractivity contribution is -0.227. The van der Waals surface area contributed by atoms with Crippen LogP contribution >= 0.6 is 0 Å². The Morgan fingerprint density at radius 3 is 2.23 bits per heavy atom. The molecule has 0 aromatic heterocycles. The van der Waals surface area contributed by atoms with Crippen LogP contribution in [0.2, 0.25) is 0 Å². The van der Waals surface area contributed by atoms with Crippen molar-refractivity contribution in [3.8, 4) is 0 Å². The summed E-state index contributed by atoms with van der Waals surface area (Å²) in [6.07, 6.45) is 1.87. The van der Waals surface area contributed by atoms with Crippen molar-refractivity contribution in [1.82, 2.24) is 4.90 Å². The fourth-order valence-electron chi connectivity index (χ4n) is 11.7. The van der Waals surface area contributed by atoms with Gasteiger partial charge >= 0.3 is 23.9 Å². The zero-order chi connectivity index (χ0) is 39.5. The van der Waals surface area contributed by atoms with Gasteiger partial charge in [0.2, 0.25) is 0 Å². The van der Waals surface area contributed by atoms with Crippen LogP contribution in [-0.2, 0) is 33.4 Å². The number of nitrogens with zero attached hydrogens (tertiary/aromatic N) is 1. The molecule has 5 rings (SSSR count). The van der Waals surface area contributed by atoms with Crippen LogP contribution in [0.15, 0.2) is 23.8 Å². The molecule has 13 nitrogen and oxygen atoms in total. The number of hydrogen-bond acceptors (Lipinski definition) is 9. The Hall–Kier alpha value is -3.29. The van der Waals surface area contributed by atoms with Gasteiger partial charge in [-0.05, 0) is 73.2 Å². The Bertz CT molecular complexity index is 1550. The third kappa shape index (κ3) is 6.94. The average Bonchev–Trinajstić information content (AvgIpc) is 3.21. The van der Waals surface area contributed by atoms with Crippen molar-refractivity contribution in [3.63, 3.8) is 0 Å². The van der Waals surface area contributed by atoms with Gasteiger partial charge in [-0.15, -0.1) is 0 Å². The maximum Gasteiger partial charge on any atom is 0.336 e. The largest absolute Gasteiger partial charge is 0.481 e.